The van der Waals surface area contributed by atoms with Crippen LogP contribution in [0, 0.1) is 11.3 Å². The van der Waals surface area contributed by atoms with E-state index in [0.717, 1.165) is 48.2 Å². The van der Waals surface area contributed by atoms with E-state index < -0.39 is 5.54 Å². The van der Waals surface area contributed by atoms with E-state index in [4.69, 9.17) is 4.98 Å². The van der Waals surface area contributed by atoms with Crippen molar-refractivity contribution in [2.24, 2.45) is 0 Å². The zero-order chi connectivity index (χ0) is 22.1. The minimum absolute atomic E-state index is 0.0759. The third kappa shape index (κ3) is 4.07. The number of fused-ring (bicyclic) bond motifs is 1. The van der Waals surface area contributed by atoms with Crippen LogP contribution in [0.25, 0.3) is 15.9 Å². The quantitative estimate of drug-likeness (QED) is 0.420. The standard InChI is InChI=1S/C24H24N4O2S2/c25-15-24(11-5-2-6-12-24)27-19(29)14-32-23-26-21-20(18(13-31-21)16-9-10-16)22(30)28(23)17-7-3-1-4-8-17/h1,3-4,7-8,13,16H,2,5-6,9-12,14H2,(H,27,29). The van der Waals surface area contributed by atoms with Crippen molar-refractivity contribution in [1.29, 1.82) is 5.26 Å². The summed E-state index contributed by atoms with van der Waals surface area (Å²) in [6.45, 7) is 0. The maximum atomic E-state index is 13.6. The molecule has 0 unspecified atom stereocenters. The largest absolute Gasteiger partial charge is 0.337 e. The van der Waals surface area contributed by atoms with Gasteiger partial charge in [-0.05, 0) is 54.7 Å². The van der Waals surface area contributed by atoms with Crippen molar-refractivity contribution in [3.05, 3.63) is 51.6 Å². The van der Waals surface area contributed by atoms with Crippen molar-refractivity contribution in [1.82, 2.24) is 14.9 Å². The van der Waals surface area contributed by atoms with Crippen LogP contribution in [-0.2, 0) is 4.79 Å². The normalized spacial score (nSPS) is 17.7. The smallest absolute Gasteiger partial charge is 0.267 e. The molecule has 0 aliphatic heterocycles. The van der Waals surface area contributed by atoms with Gasteiger partial charge in [0.05, 0.1) is 22.9 Å². The summed E-state index contributed by atoms with van der Waals surface area (Å²) in [5.41, 5.74) is 1.01. The van der Waals surface area contributed by atoms with E-state index in [-0.39, 0.29) is 17.2 Å². The van der Waals surface area contributed by atoms with Crippen molar-refractivity contribution in [2.75, 3.05) is 5.75 Å². The Morgan fingerprint density at radius 3 is 2.69 bits per heavy atom. The molecule has 6 nitrogen and oxygen atoms in total. The lowest BCUT2D eigenvalue weighted by Crippen LogP contribution is -2.49. The van der Waals surface area contributed by atoms with Gasteiger partial charge in [0.15, 0.2) is 5.16 Å². The van der Waals surface area contributed by atoms with E-state index in [1.807, 2.05) is 30.3 Å². The molecule has 2 saturated carbocycles. The van der Waals surface area contributed by atoms with Crippen LogP contribution in [0.1, 0.15) is 56.4 Å². The molecule has 32 heavy (non-hydrogen) atoms. The maximum Gasteiger partial charge on any atom is 0.267 e. The highest BCUT2D eigenvalue weighted by molar-refractivity contribution is 7.99. The van der Waals surface area contributed by atoms with E-state index in [1.165, 1.54) is 23.1 Å². The summed E-state index contributed by atoms with van der Waals surface area (Å²) < 4.78 is 1.62. The predicted octanol–water partition coefficient (Wildman–Crippen LogP) is 4.76. The summed E-state index contributed by atoms with van der Waals surface area (Å²) in [5, 5.41) is 15.9. The number of nitrogens with one attached hydrogen (secondary N) is 1. The van der Waals surface area contributed by atoms with Crippen molar-refractivity contribution >= 4 is 39.2 Å². The zero-order valence-corrected chi connectivity index (χ0v) is 19.3. The number of nitrogens with zero attached hydrogens (tertiary/aromatic N) is 3. The van der Waals surface area contributed by atoms with Crippen LogP contribution in [0.3, 0.4) is 0 Å². The number of carbonyl (C=O) groups excluding carboxylic acids is 1. The van der Waals surface area contributed by atoms with E-state index in [2.05, 4.69) is 16.8 Å². The van der Waals surface area contributed by atoms with Gasteiger partial charge in [-0.1, -0.05) is 49.2 Å². The SMILES string of the molecule is N#CC1(NC(=O)CSc2nc3scc(C4CC4)c3c(=O)n2-c2ccccc2)CCCCC1. The van der Waals surface area contributed by atoms with Crippen LogP contribution in [0.15, 0.2) is 45.7 Å². The molecule has 2 aromatic heterocycles. The van der Waals surface area contributed by atoms with Crippen molar-refractivity contribution in [2.45, 2.75) is 61.6 Å². The minimum atomic E-state index is -0.765. The van der Waals surface area contributed by atoms with Gasteiger partial charge in [-0.3, -0.25) is 14.2 Å². The Kier molecular flexibility index (Phi) is 5.78. The summed E-state index contributed by atoms with van der Waals surface area (Å²) in [7, 11) is 0. The molecule has 1 aromatic carbocycles. The molecule has 3 aromatic rings. The summed E-state index contributed by atoms with van der Waals surface area (Å²) in [4.78, 5) is 31.9. The monoisotopic (exact) mass is 464 g/mol. The molecule has 5 rings (SSSR count). The average Bonchev–Trinajstić information content (AvgIpc) is 3.58. The van der Waals surface area contributed by atoms with Gasteiger partial charge in [-0.15, -0.1) is 11.3 Å². The number of rotatable bonds is 6. The first-order valence-electron chi connectivity index (χ1n) is 11.0. The van der Waals surface area contributed by atoms with Crippen LogP contribution in [-0.4, -0.2) is 26.8 Å². The number of hydrogen-bond donors (Lipinski definition) is 1. The van der Waals surface area contributed by atoms with E-state index >= 15 is 0 Å². The topological polar surface area (TPSA) is 87.8 Å². The highest BCUT2D eigenvalue weighted by Gasteiger charge is 2.34. The van der Waals surface area contributed by atoms with Gasteiger partial charge in [0, 0.05) is 0 Å². The second kappa shape index (κ2) is 8.72. The summed E-state index contributed by atoms with van der Waals surface area (Å²) in [6, 6.07) is 11.8. The fourth-order valence-electron chi connectivity index (χ4n) is 4.44. The molecule has 0 atom stereocenters. The predicted molar refractivity (Wildman–Crippen MR) is 127 cm³/mol. The number of benzene rings is 1. The molecular formula is C24H24N4O2S2. The number of nitriles is 1. The van der Waals surface area contributed by atoms with E-state index in [0.29, 0.717) is 29.3 Å². The first-order chi connectivity index (χ1) is 15.6. The minimum Gasteiger partial charge on any atom is -0.337 e. The highest BCUT2D eigenvalue weighted by atomic mass is 32.2. The lowest BCUT2D eigenvalue weighted by atomic mass is 9.83. The van der Waals surface area contributed by atoms with Crippen LogP contribution in [0.2, 0.25) is 0 Å². The van der Waals surface area contributed by atoms with Crippen molar-refractivity contribution < 1.29 is 4.79 Å². The zero-order valence-electron chi connectivity index (χ0n) is 17.7. The molecule has 1 N–H and O–H groups in total. The second-order valence-corrected chi connectivity index (χ2v) is 10.4. The van der Waals surface area contributed by atoms with Crippen molar-refractivity contribution in [3.8, 4) is 11.8 Å². The van der Waals surface area contributed by atoms with E-state index in [9.17, 15) is 14.9 Å². The van der Waals surface area contributed by atoms with E-state index in [1.54, 1.807) is 4.57 Å². The lowest BCUT2D eigenvalue weighted by molar-refractivity contribution is -0.120. The molecule has 0 spiro atoms. The Labute approximate surface area is 194 Å². The maximum absolute atomic E-state index is 13.6. The Morgan fingerprint density at radius 1 is 1.25 bits per heavy atom. The molecule has 2 aliphatic rings. The number of thiophene rings is 1. The number of carbonyl (C=O) groups is 1. The fourth-order valence-corrected chi connectivity index (χ4v) is 6.32. The van der Waals surface area contributed by atoms with Gasteiger partial charge in [-0.25, -0.2) is 4.98 Å². The van der Waals surface area contributed by atoms with Crippen LogP contribution < -0.4 is 10.9 Å². The summed E-state index contributed by atoms with van der Waals surface area (Å²) in [5.74, 6) is 0.372. The van der Waals surface area contributed by atoms with Gasteiger partial charge < -0.3 is 5.32 Å². The van der Waals surface area contributed by atoms with Gasteiger partial charge in [0.1, 0.15) is 10.4 Å². The molecule has 164 valence electrons. The molecule has 2 fully saturated rings. The van der Waals surface area contributed by atoms with Gasteiger partial charge >= 0.3 is 0 Å². The first kappa shape index (κ1) is 21.2. The van der Waals surface area contributed by atoms with Crippen LogP contribution in [0.4, 0.5) is 0 Å². The summed E-state index contributed by atoms with van der Waals surface area (Å²) >= 11 is 2.75. The Hall–Kier alpha value is -2.63. The molecule has 0 saturated heterocycles. The summed E-state index contributed by atoms with van der Waals surface area (Å²) in [6.07, 6.45) is 6.63. The molecule has 2 heterocycles. The van der Waals surface area contributed by atoms with Crippen molar-refractivity contribution in [3.63, 3.8) is 0 Å². The van der Waals surface area contributed by atoms with Gasteiger partial charge in [0.25, 0.3) is 5.56 Å². The van der Waals surface area contributed by atoms with Crippen LogP contribution in [0.5, 0.6) is 0 Å². The number of hydrogen-bond acceptors (Lipinski definition) is 6. The molecule has 2 aliphatic carbocycles. The average molecular weight is 465 g/mol. The molecular weight excluding hydrogens is 440 g/mol. The number of thioether (sulfide) groups is 1. The lowest BCUT2D eigenvalue weighted by Gasteiger charge is -2.31. The third-order valence-electron chi connectivity index (χ3n) is 6.27. The van der Waals surface area contributed by atoms with Gasteiger partial charge in [-0.2, -0.15) is 5.26 Å². The second-order valence-electron chi connectivity index (χ2n) is 8.61. The van der Waals surface area contributed by atoms with Gasteiger partial charge in [0.2, 0.25) is 5.91 Å². The number of aromatic nitrogens is 2. The number of amides is 1. The molecule has 0 radical (unpaired) electrons. The Morgan fingerprint density at radius 2 is 2.00 bits per heavy atom. The molecule has 1 amide bonds. The highest BCUT2D eigenvalue weighted by Crippen LogP contribution is 2.44. The third-order valence-corrected chi connectivity index (χ3v) is 8.10. The Bertz CT molecular complexity index is 1250. The Balaban J connectivity index is 1.46. The molecule has 0 bridgehead atoms. The van der Waals surface area contributed by atoms with Crippen LogP contribution >= 0.6 is 23.1 Å². The first-order valence-corrected chi connectivity index (χ1v) is 12.9. The molecule has 8 heteroatoms. The fraction of sp³-hybridized carbons (Fsp3) is 0.417. The number of para-hydroxylation sites is 1.